The molecule has 0 saturated carbocycles. The highest BCUT2D eigenvalue weighted by Crippen LogP contribution is 2.35. The first-order chi connectivity index (χ1) is 15.1. The molecule has 0 radical (unpaired) electrons. The van der Waals surface area contributed by atoms with E-state index >= 15 is 0 Å². The predicted octanol–water partition coefficient (Wildman–Crippen LogP) is 3.07. The molecule has 7 nitrogen and oxygen atoms in total. The van der Waals surface area contributed by atoms with Crippen molar-refractivity contribution in [1.82, 2.24) is 9.80 Å². The monoisotopic (exact) mass is 422 g/mol. The van der Waals surface area contributed by atoms with Crippen LogP contribution in [-0.2, 0) is 6.54 Å². The number of phenolic OH excluding ortho intramolecular Hbond substituents is 1. The van der Waals surface area contributed by atoms with Crippen LogP contribution in [0, 0.1) is 0 Å². The van der Waals surface area contributed by atoms with E-state index in [1.165, 1.54) is 0 Å². The highest BCUT2D eigenvalue weighted by molar-refractivity contribution is 5.86. The maximum atomic E-state index is 12.9. The third-order valence-corrected chi connectivity index (χ3v) is 6.13. The van der Waals surface area contributed by atoms with E-state index in [4.69, 9.17) is 13.9 Å². The molecule has 2 aromatic carbocycles. The second-order valence-electron chi connectivity index (χ2n) is 8.00. The number of piperazine rings is 1. The van der Waals surface area contributed by atoms with E-state index in [0.29, 0.717) is 53.5 Å². The van der Waals surface area contributed by atoms with Gasteiger partial charge in [0, 0.05) is 38.1 Å². The molecule has 1 fully saturated rings. The van der Waals surface area contributed by atoms with Gasteiger partial charge in [-0.15, -0.1) is 0 Å². The summed E-state index contributed by atoms with van der Waals surface area (Å²) in [5.74, 6) is 1.46. The van der Waals surface area contributed by atoms with E-state index in [0.717, 1.165) is 38.1 Å². The second-order valence-corrected chi connectivity index (χ2v) is 8.00. The van der Waals surface area contributed by atoms with Crippen LogP contribution in [0.1, 0.15) is 12.5 Å². The molecule has 5 rings (SSSR count). The Morgan fingerprint density at radius 3 is 2.45 bits per heavy atom. The number of aromatic hydroxyl groups is 1. The number of rotatable bonds is 4. The Morgan fingerprint density at radius 1 is 0.935 bits per heavy atom. The van der Waals surface area contributed by atoms with Crippen LogP contribution in [0.25, 0.3) is 22.1 Å². The zero-order valence-electron chi connectivity index (χ0n) is 17.6. The Hall–Kier alpha value is -3.03. The number of hydrogen-bond donors (Lipinski definition) is 1. The first kappa shape index (κ1) is 19.9. The summed E-state index contributed by atoms with van der Waals surface area (Å²) >= 11 is 0. The average molecular weight is 422 g/mol. The lowest BCUT2D eigenvalue weighted by Crippen LogP contribution is -2.45. The van der Waals surface area contributed by atoms with Crippen molar-refractivity contribution in [2.24, 2.45) is 0 Å². The van der Waals surface area contributed by atoms with Crippen molar-refractivity contribution in [3.63, 3.8) is 0 Å². The SMILES string of the molecule is CCN1CCN(Cc2c(O)ccc3cc(-c4ccc5c(c4)OCCO5)c(=O)oc23)CC1. The molecule has 0 amide bonds. The molecule has 2 aliphatic heterocycles. The van der Waals surface area contributed by atoms with Gasteiger partial charge in [0.1, 0.15) is 24.5 Å². The van der Waals surface area contributed by atoms with Gasteiger partial charge in [-0.3, -0.25) is 4.90 Å². The Balaban J connectivity index is 1.49. The lowest BCUT2D eigenvalue weighted by Gasteiger charge is -2.34. The van der Waals surface area contributed by atoms with Crippen molar-refractivity contribution < 1.29 is 19.0 Å². The number of nitrogens with zero attached hydrogens (tertiary/aromatic N) is 2. The van der Waals surface area contributed by atoms with Crippen LogP contribution in [0.3, 0.4) is 0 Å². The zero-order valence-corrected chi connectivity index (χ0v) is 17.6. The zero-order chi connectivity index (χ0) is 21.4. The molecule has 162 valence electrons. The molecule has 0 atom stereocenters. The van der Waals surface area contributed by atoms with Gasteiger partial charge in [0.05, 0.1) is 11.1 Å². The predicted molar refractivity (Wildman–Crippen MR) is 118 cm³/mol. The first-order valence-electron chi connectivity index (χ1n) is 10.8. The lowest BCUT2D eigenvalue weighted by atomic mass is 10.0. The summed E-state index contributed by atoms with van der Waals surface area (Å²) < 4.78 is 17.0. The van der Waals surface area contributed by atoms with Crippen molar-refractivity contribution >= 4 is 11.0 Å². The molecule has 3 heterocycles. The topological polar surface area (TPSA) is 75.4 Å². The summed E-state index contributed by atoms with van der Waals surface area (Å²) in [6.45, 7) is 8.60. The van der Waals surface area contributed by atoms with Crippen molar-refractivity contribution in [1.29, 1.82) is 0 Å². The molecule has 1 N–H and O–H groups in total. The smallest absolute Gasteiger partial charge is 0.344 e. The molecule has 3 aromatic rings. The Morgan fingerprint density at radius 2 is 1.68 bits per heavy atom. The van der Waals surface area contributed by atoms with Crippen LogP contribution >= 0.6 is 0 Å². The van der Waals surface area contributed by atoms with Gasteiger partial charge in [0.2, 0.25) is 0 Å². The van der Waals surface area contributed by atoms with Crippen LogP contribution in [0.2, 0.25) is 0 Å². The van der Waals surface area contributed by atoms with Crippen LogP contribution in [-0.4, -0.2) is 60.8 Å². The highest BCUT2D eigenvalue weighted by atomic mass is 16.6. The van der Waals surface area contributed by atoms with E-state index in [2.05, 4.69) is 16.7 Å². The molecule has 31 heavy (non-hydrogen) atoms. The molecule has 0 aliphatic carbocycles. The summed E-state index contributed by atoms with van der Waals surface area (Å²) in [5.41, 5.74) is 1.84. The minimum absolute atomic E-state index is 0.153. The number of fused-ring (bicyclic) bond motifs is 2. The lowest BCUT2D eigenvalue weighted by molar-refractivity contribution is 0.131. The molecule has 1 aromatic heterocycles. The summed E-state index contributed by atoms with van der Waals surface area (Å²) in [5, 5.41) is 11.3. The minimum Gasteiger partial charge on any atom is -0.507 e. The highest BCUT2D eigenvalue weighted by Gasteiger charge is 2.21. The summed E-state index contributed by atoms with van der Waals surface area (Å²) in [6.07, 6.45) is 0. The number of likely N-dealkylation sites (N-methyl/N-ethyl adjacent to an activating group) is 1. The number of ether oxygens (including phenoxy) is 2. The van der Waals surface area contributed by atoms with E-state index in [1.807, 2.05) is 18.2 Å². The Kier molecular flexibility index (Phi) is 5.29. The first-order valence-corrected chi connectivity index (χ1v) is 10.8. The molecule has 0 unspecified atom stereocenters. The number of hydrogen-bond acceptors (Lipinski definition) is 7. The molecular weight excluding hydrogens is 396 g/mol. The van der Waals surface area contributed by atoms with Gasteiger partial charge in [-0.25, -0.2) is 4.79 Å². The number of benzene rings is 2. The van der Waals surface area contributed by atoms with Crippen LogP contribution in [0.15, 0.2) is 45.6 Å². The summed E-state index contributed by atoms with van der Waals surface area (Å²) in [4.78, 5) is 17.6. The molecule has 1 saturated heterocycles. The fourth-order valence-corrected chi connectivity index (χ4v) is 4.28. The molecule has 2 aliphatic rings. The fourth-order valence-electron chi connectivity index (χ4n) is 4.28. The normalized spacial score (nSPS) is 17.2. The van der Waals surface area contributed by atoms with Crippen molar-refractivity contribution in [2.45, 2.75) is 13.5 Å². The van der Waals surface area contributed by atoms with Crippen LogP contribution in [0.4, 0.5) is 0 Å². The average Bonchev–Trinajstić information content (AvgIpc) is 2.81. The molecule has 7 heteroatoms. The van der Waals surface area contributed by atoms with Gasteiger partial charge in [-0.2, -0.15) is 0 Å². The van der Waals surface area contributed by atoms with Gasteiger partial charge in [0.15, 0.2) is 11.5 Å². The largest absolute Gasteiger partial charge is 0.507 e. The molecule has 0 bridgehead atoms. The van der Waals surface area contributed by atoms with Crippen LogP contribution < -0.4 is 15.1 Å². The van der Waals surface area contributed by atoms with Crippen molar-refractivity contribution in [3.8, 4) is 28.4 Å². The molecule has 0 spiro atoms. The third kappa shape index (κ3) is 3.86. The summed E-state index contributed by atoms with van der Waals surface area (Å²) in [6, 6.07) is 10.7. The maximum absolute atomic E-state index is 12.9. The Bertz CT molecular complexity index is 1160. The van der Waals surface area contributed by atoms with Crippen molar-refractivity contribution in [3.05, 3.63) is 52.4 Å². The minimum atomic E-state index is -0.438. The van der Waals surface area contributed by atoms with Gasteiger partial charge in [-0.1, -0.05) is 13.0 Å². The van der Waals surface area contributed by atoms with Crippen molar-refractivity contribution in [2.75, 3.05) is 45.9 Å². The molecular formula is C24H26N2O5. The fraction of sp³-hybridized carbons (Fsp3) is 0.375. The summed E-state index contributed by atoms with van der Waals surface area (Å²) in [7, 11) is 0. The standard InChI is InChI=1S/C24H26N2O5/c1-2-25-7-9-26(10-8-25)15-19-20(27)5-3-17-13-18(24(28)31-23(17)19)16-4-6-21-22(14-16)30-12-11-29-21/h3-6,13-14,27H,2,7-12,15H2,1H3. The van der Waals surface area contributed by atoms with Gasteiger partial charge >= 0.3 is 5.63 Å². The number of phenols is 1. The maximum Gasteiger partial charge on any atom is 0.344 e. The van der Waals surface area contributed by atoms with E-state index < -0.39 is 5.63 Å². The third-order valence-electron chi connectivity index (χ3n) is 6.13. The van der Waals surface area contributed by atoms with Gasteiger partial charge in [-0.05, 0) is 42.4 Å². The van der Waals surface area contributed by atoms with E-state index in [-0.39, 0.29) is 5.75 Å². The van der Waals surface area contributed by atoms with Gasteiger partial charge in [0.25, 0.3) is 0 Å². The van der Waals surface area contributed by atoms with E-state index in [1.54, 1.807) is 18.2 Å². The van der Waals surface area contributed by atoms with Crippen LogP contribution in [0.5, 0.6) is 17.2 Å². The second kappa shape index (κ2) is 8.24. The Labute approximate surface area is 180 Å². The van der Waals surface area contributed by atoms with E-state index in [9.17, 15) is 9.90 Å². The van der Waals surface area contributed by atoms with Gasteiger partial charge < -0.3 is 23.9 Å². The quantitative estimate of drug-likeness (QED) is 0.648.